The lowest BCUT2D eigenvalue weighted by Crippen LogP contribution is -2.56. The van der Waals surface area contributed by atoms with Crippen LogP contribution < -0.4 is 4.72 Å². The Labute approximate surface area is 92.1 Å². The second-order valence-electron chi connectivity index (χ2n) is 4.90. The minimum absolute atomic E-state index is 0.0894. The summed E-state index contributed by atoms with van der Waals surface area (Å²) in [5, 5.41) is 9.15. The van der Waals surface area contributed by atoms with Gasteiger partial charge < -0.3 is 5.11 Å². The third kappa shape index (κ3) is 3.74. The third-order valence-corrected chi connectivity index (χ3v) is 4.47. The average Bonchev–Trinajstić information content (AvgIpc) is 2.09. The maximum absolute atomic E-state index is 11.7. The first kappa shape index (κ1) is 12.9. The molecular weight excluding hydrogens is 214 g/mol. The molecule has 0 aromatic heterocycles. The molecule has 5 heteroatoms. The maximum Gasteiger partial charge on any atom is 0.212 e. The first-order valence-corrected chi connectivity index (χ1v) is 7.17. The van der Waals surface area contributed by atoms with Crippen molar-refractivity contribution < 1.29 is 13.5 Å². The van der Waals surface area contributed by atoms with Gasteiger partial charge in [-0.3, -0.25) is 0 Å². The predicted octanol–water partition coefficient (Wildman–Crippen LogP) is 0.867. The highest BCUT2D eigenvalue weighted by atomic mass is 32.2. The molecule has 0 heterocycles. The topological polar surface area (TPSA) is 66.4 Å². The Bertz CT molecular complexity index is 288. The fourth-order valence-electron chi connectivity index (χ4n) is 1.67. The molecule has 2 N–H and O–H groups in total. The molecule has 0 aromatic rings. The van der Waals surface area contributed by atoms with Crippen LogP contribution in [0.2, 0.25) is 0 Å². The van der Waals surface area contributed by atoms with Gasteiger partial charge >= 0.3 is 0 Å². The summed E-state index contributed by atoms with van der Waals surface area (Å²) in [7, 11) is -3.22. The standard InChI is InChI=1S/C10H21NO3S/c1-9(2)4-7-15(13,14)11-10(8-12)5-3-6-10/h9,11-12H,3-8H2,1-2H3. The van der Waals surface area contributed by atoms with Crippen LogP contribution in [0.25, 0.3) is 0 Å². The molecule has 4 nitrogen and oxygen atoms in total. The van der Waals surface area contributed by atoms with Crippen LogP contribution in [0.5, 0.6) is 0 Å². The minimum Gasteiger partial charge on any atom is -0.394 e. The van der Waals surface area contributed by atoms with E-state index in [9.17, 15) is 8.42 Å². The van der Waals surface area contributed by atoms with Gasteiger partial charge in [-0.05, 0) is 31.6 Å². The Hall–Kier alpha value is -0.130. The fraction of sp³-hybridized carbons (Fsp3) is 1.00. The number of sulfonamides is 1. The van der Waals surface area contributed by atoms with Gasteiger partial charge in [-0.1, -0.05) is 13.8 Å². The highest BCUT2D eigenvalue weighted by molar-refractivity contribution is 7.89. The second kappa shape index (κ2) is 4.80. The normalized spacial score (nSPS) is 20.3. The van der Waals surface area contributed by atoms with Crippen LogP contribution in [0.1, 0.15) is 39.5 Å². The summed E-state index contributed by atoms with van der Waals surface area (Å²) in [6.07, 6.45) is 3.17. The molecule has 0 atom stereocenters. The van der Waals surface area contributed by atoms with Crippen LogP contribution in [0.4, 0.5) is 0 Å². The van der Waals surface area contributed by atoms with Crippen LogP contribution >= 0.6 is 0 Å². The Balaban J connectivity index is 2.48. The molecule has 0 bridgehead atoms. The molecule has 0 amide bonds. The summed E-state index contributed by atoms with van der Waals surface area (Å²) in [5.41, 5.74) is -0.546. The molecule has 1 fully saturated rings. The van der Waals surface area contributed by atoms with Crippen molar-refractivity contribution in [1.82, 2.24) is 4.72 Å². The van der Waals surface area contributed by atoms with Gasteiger partial charge in [-0.2, -0.15) is 0 Å². The molecule has 1 aliphatic rings. The van der Waals surface area contributed by atoms with E-state index in [0.29, 0.717) is 12.3 Å². The van der Waals surface area contributed by atoms with Gasteiger partial charge in [0.25, 0.3) is 0 Å². The van der Waals surface area contributed by atoms with Gasteiger partial charge in [-0.15, -0.1) is 0 Å². The van der Waals surface area contributed by atoms with Crippen molar-refractivity contribution in [2.24, 2.45) is 5.92 Å². The summed E-state index contributed by atoms with van der Waals surface area (Å²) in [5.74, 6) is 0.542. The Morgan fingerprint density at radius 1 is 1.40 bits per heavy atom. The highest BCUT2D eigenvalue weighted by Gasteiger charge is 2.39. The van der Waals surface area contributed by atoms with E-state index in [1.165, 1.54) is 0 Å². The van der Waals surface area contributed by atoms with E-state index < -0.39 is 15.6 Å². The van der Waals surface area contributed by atoms with Gasteiger partial charge in [0.1, 0.15) is 0 Å². The largest absolute Gasteiger partial charge is 0.394 e. The van der Waals surface area contributed by atoms with Crippen LogP contribution in [-0.2, 0) is 10.0 Å². The van der Waals surface area contributed by atoms with Gasteiger partial charge in [0.2, 0.25) is 10.0 Å². The quantitative estimate of drug-likeness (QED) is 0.718. The molecule has 90 valence electrons. The van der Waals surface area contributed by atoms with Crippen molar-refractivity contribution in [3.8, 4) is 0 Å². The van der Waals surface area contributed by atoms with E-state index in [1.807, 2.05) is 13.8 Å². The molecule has 1 rings (SSSR count). The number of rotatable bonds is 6. The summed E-state index contributed by atoms with van der Waals surface area (Å²) in [6.45, 7) is 3.91. The number of hydrogen-bond acceptors (Lipinski definition) is 3. The van der Waals surface area contributed by atoms with Gasteiger partial charge in [0.15, 0.2) is 0 Å². The Morgan fingerprint density at radius 2 is 2.00 bits per heavy atom. The van der Waals surface area contributed by atoms with Crippen molar-refractivity contribution in [1.29, 1.82) is 0 Å². The number of aliphatic hydroxyl groups is 1. The summed E-state index contributed by atoms with van der Waals surface area (Å²) >= 11 is 0. The molecule has 0 spiro atoms. The number of nitrogens with one attached hydrogen (secondary N) is 1. The Kier molecular flexibility index (Phi) is 4.14. The molecule has 15 heavy (non-hydrogen) atoms. The van der Waals surface area contributed by atoms with Crippen LogP contribution in [0.15, 0.2) is 0 Å². The highest BCUT2D eigenvalue weighted by Crippen LogP contribution is 2.31. The molecule has 0 aliphatic heterocycles. The van der Waals surface area contributed by atoms with Gasteiger partial charge in [0.05, 0.1) is 17.9 Å². The predicted molar refractivity (Wildman–Crippen MR) is 60.0 cm³/mol. The third-order valence-electron chi connectivity index (χ3n) is 2.95. The molecule has 0 radical (unpaired) electrons. The van der Waals surface area contributed by atoms with E-state index in [2.05, 4.69) is 4.72 Å². The molecule has 0 saturated heterocycles. The van der Waals surface area contributed by atoms with Gasteiger partial charge in [-0.25, -0.2) is 13.1 Å². The lowest BCUT2D eigenvalue weighted by atomic mass is 9.78. The summed E-state index contributed by atoms with van der Waals surface area (Å²) < 4.78 is 26.0. The zero-order valence-corrected chi connectivity index (χ0v) is 10.3. The van der Waals surface area contributed by atoms with Crippen molar-refractivity contribution in [2.75, 3.05) is 12.4 Å². The van der Waals surface area contributed by atoms with E-state index in [1.54, 1.807) is 0 Å². The lowest BCUT2D eigenvalue weighted by molar-refractivity contribution is 0.110. The summed E-state index contributed by atoms with van der Waals surface area (Å²) in [6, 6.07) is 0. The first-order chi connectivity index (χ1) is 6.89. The van der Waals surface area contributed by atoms with E-state index in [4.69, 9.17) is 5.11 Å². The number of hydrogen-bond donors (Lipinski definition) is 2. The van der Waals surface area contributed by atoms with E-state index in [-0.39, 0.29) is 12.4 Å². The average molecular weight is 235 g/mol. The maximum atomic E-state index is 11.7. The van der Waals surface area contributed by atoms with Crippen molar-refractivity contribution in [3.05, 3.63) is 0 Å². The lowest BCUT2D eigenvalue weighted by Gasteiger charge is -2.40. The molecule has 0 aromatic carbocycles. The first-order valence-electron chi connectivity index (χ1n) is 5.52. The SMILES string of the molecule is CC(C)CCS(=O)(=O)NC1(CO)CCC1. The molecule has 1 saturated carbocycles. The van der Waals surface area contributed by atoms with E-state index >= 15 is 0 Å². The summed E-state index contributed by atoms with van der Waals surface area (Å²) in [4.78, 5) is 0. The van der Waals surface area contributed by atoms with Crippen LogP contribution in [0.3, 0.4) is 0 Å². The van der Waals surface area contributed by atoms with Gasteiger partial charge in [0, 0.05) is 0 Å². The molecular formula is C10H21NO3S. The minimum atomic E-state index is -3.22. The monoisotopic (exact) mass is 235 g/mol. The van der Waals surface area contributed by atoms with Crippen molar-refractivity contribution in [3.63, 3.8) is 0 Å². The van der Waals surface area contributed by atoms with Crippen molar-refractivity contribution in [2.45, 2.75) is 45.1 Å². The van der Waals surface area contributed by atoms with Crippen molar-refractivity contribution >= 4 is 10.0 Å². The smallest absolute Gasteiger partial charge is 0.212 e. The zero-order chi connectivity index (χ0) is 11.5. The molecule has 0 unspecified atom stereocenters. The fourth-order valence-corrected chi connectivity index (χ4v) is 3.48. The van der Waals surface area contributed by atoms with E-state index in [0.717, 1.165) is 19.3 Å². The Morgan fingerprint density at radius 3 is 2.33 bits per heavy atom. The zero-order valence-electron chi connectivity index (χ0n) is 9.49. The van der Waals surface area contributed by atoms with Crippen LogP contribution in [0, 0.1) is 5.92 Å². The molecule has 1 aliphatic carbocycles. The number of aliphatic hydroxyl groups excluding tert-OH is 1. The second-order valence-corrected chi connectivity index (χ2v) is 6.74. The van der Waals surface area contributed by atoms with Crippen LogP contribution in [-0.4, -0.2) is 31.4 Å².